The summed E-state index contributed by atoms with van der Waals surface area (Å²) in [6.45, 7) is 4.44. The van der Waals surface area contributed by atoms with Gasteiger partial charge >= 0.3 is 5.97 Å². The van der Waals surface area contributed by atoms with Crippen LogP contribution in [0.2, 0.25) is 0 Å². The number of amides is 5. The first-order valence-electron chi connectivity index (χ1n) is 12.1. The SMILES string of the molecule is CC(=O)N[C@@H](CC(=O)OCC(C)(C)[C@@H](O)C(=O)NCCC(=O)NCCSC(=O)NCCc1cnc[nH]1)C(N)=O. The third-order valence-electron chi connectivity index (χ3n) is 5.21. The van der Waals surface area contributed by atoms with Crippen LogP contribution in [0.3, 0.4) is 0 Å². The molecule has 0 unspecified atom stereocenters. The lowest BCUT2D eigenvalue weighted by Gasteiger charge is -2.29. The number of primary amides is 1. The quantitative estimate of drug-likeness (QED) is 0.0829. The molecule has 0 fully saturated rings. The number of carbonyl (C=O) groups is 6. The Balaban J connectivity index is 2.24. The van der Waals surface area contributed by atoms with E-state index in [2.05, 4.69) is 31.2 Å². The maximum absolute atomic E-state index is 12.3. The number of hydrogen-bond donors (Lipinski definition) is 7. The average Bonchev–Trinajstić information content (AvgIpc) is 3.37. The first-order valence-corrected chi connectivity index (χ1v) is 13.1. The molecule has 8 N–H and O–H groups in total. The minimum atomic E-state index is -1.57. The molecule has 0 spiro atoms. The maximum atomic E-state index is 12.3. The molecule has 2 atom stereocenters. The molecule has 0 aromatic carbocycles. The van der Waals surface area contributed by atoms with E-state index in [0.717, 1.165) is 24.4 Å². The summed E-state index contributed by atoms with van der Waals surface area (Å²) < 4.78 is 5.06. The molecule has 218 valence electrons. The molecule has 1 aromatic rings. The van der Waals surface area contributed by atoms with Crippen molar-refractivity contribution < 1.29 is 38.6 Å². The number of imidazole rings is 1. The molecular formula is C23H37N7O8S. The Hall–Kier alpha value is -3.66. The minimum absolute atomic E-state index is 0.0458. The fourth-order valence-corrected chi connectivity index (χ4v) is 3.58. The van der Waals surface area contributed by atoms with Crippen LogP contribution in [0, 0.1) is 5.41 Å². The largest absolute Gasteiger partial charge is 0.465 e. The fraction of sp³-hybridized carbons (Fsp3) is 0.609. The van der Waals surface area contributed by atoms with Crippen molar-refractivity contribution in [2.24, 2.45) is 11.1 Å². The molecule has 0 aliphatic rings. The Morgan fingerprint density at radius 3 is 2.46 bits per heavy atom. The van der Waals surface area contributed by atoms with Crippen molar-refractivity contribution in [3.63, 3.8) is 0 Å². The Morgan fingerprint density at radius 2 is 1.85 bits per heavy atom. The molecule has 39 heavy (non-hydrogen) atoms. The van der Waals surface area contributed by atoms with Crippen LogP contribution < -0.4 is 27.0 Å². The average molecular weight is 572 g/mol. The van der Waals surface area contributed by atoms with Crippen LogP contribution in [0.5, 0.6) is 0 Å². The Bertz CT molecular complexity index is 987. The summed E-state index contributed by atoms with van der Waals surface area (Å²) in [7, 11) is 0. The second kappa shape index (κ2) is 17.0. The number of aliphatic hydroxyl groups is 1. The number of aromatic nitrogens is 2. The first-order chi connectivity index (χ1) is 18.3. The van der Waals surface area contributed by atoms with E-state index in [1.54, 1.807) is 12.5 Å². The van der Waals surface area contributed by atoms with Gasteiger partial charge in [0.25, 0.3) is 5.24 Å². The van der Waals surface area contributed by atoms with E-state index in [0.29, 0.717) is 18.7 Å². The van der Waals surface area contributed by atoms with Gasteiger partial charge in [-0.3, -0.25) is 28.8 Å². The molecule has 15 nitrogen and oxygen atoms in total. The van der Waals surface area contributed by atoms with Crippen molar-refractivity contribution in [1.82, 2.24) is 31.2 Å². The highest BCUT2D eigenvalue weighted by Gasteiger charge is 2.35. The summed E-state index contributed by atoms with van der Waals surface area (Å²) in [6.07, 6.45) is 1.75. The van der Waals surface area contributed by atoms with E-state index < -0.39 is 47.7 Å². The number of aliphatic hydroxyl groups excluding tert-OH is 1. The zero-order valence-electron chi connectivity index (χ0n) is 22.2. The van der Waals surface area contributed by atoms with E-state index in [1.807, 2.05) is 0 Å². The van der Waals surface area contributed by atoms with Gasteiger partial charge in [-0.05, 0) is 0 Å². The standard InChI is InChI=1S/C23H37N7O8S/c1-14(31)30-16(20(24)35)10-18(33)38-12-23(2,3)19(34)21(36)27-7-5-17(32)26-8-9-39-22(37)28-6-4-15-11-25-13-29-15/h11,13,16,19,34H,4-10,12H2,1-3H3,(H2,24,35)(H,25,29)(H,26,32)(H,27,36)(H,28,37)(H,30,31)/t16-,19-/m0/s1. The summed E-state index contributed by atoms with van der Waals surface area (Å²) >= 11 is 1.03. The van der Waals surface area contributed by atoms with E-state index in [4.69, 9.17) is 10.5 Å². The van der Waals surface area contributed by atoms with E-state index in [9.17, 15) is 33.9 Å². The number of nitrogens with two attached hydrogens (primary N) is 1. The summed E-state index contributed by atoms with van der Waals surface area (Å²) in [5, 5.41) is 20.2. The number of thioether (sulfide) groups is 1. The highest BCUT2D eigenvalue weighted by molar-refractivity contribution is 8.13. The molecule has 0 aliphatic heterocycles. The van der Waals surface area contributed by atoms with Crippen molar-refractivity contribution in [2.45, 2.75) is 52.2 Å². The molecule has 0 aliphatic carbocycles. The molecular weight excluding hydrogens is 534 g/mol. The van der Waals surface area contributed by atoms with Gasteiger partial charge < -0.3 is 41.8 Å². The van der Waals surface area contributed by atoms with Gasteiger partial charge in [0, 0.05) is 62.5 Å². The normalized spacial score (nSPS) is 12.5. The van der Waals surface area contributed by atoms with Crippen LogP contribution in [-0.2, 0) is 35.1 Å². The number of nitrogens with one attached hydrogen (secondary N) is 5. The number of H-pyrrole nitrogens is 1. The summed E-state index contributed by atoms with van der Waals surface area (Å²) in [4.78, 5) is 77.4. The Morgan fingerprint density at radius 1 is 1.13 bits per heavy atom. The third kappa shape index (κ3) is 14.2. The number of carbonyl (C=O) groups excluding carboxylic acids is 6. The molecule has 0 saturated carbocycles. The predicted octanol–water partition coefficient (Wildman–Crippen LogP) is -1.67. The highest BCUT2D eigenvalue weighted by atomic mass is 32.2. The molecule has 1 heterocycles. The minimum Gasteiger partial charge on any atom is -0.465 e. The summed E-state index contributed by atoms with van der Waals surface area (Å²) in [6, 6.07) is -1.24. The first kappa shape index (κ1) is 33.4. The molecule has 0 bridgehead atoms. The number of esters is 1. The van der Waals surface area contributed by atoms with Crippen molar-refractivity contribution >= 4 is 46.6 Å². The lowest BCUT2D eigenvalue weighted by atomic mass is 9.87. The number of aromatic amines is 1. The fourth-order valence-electron chi connectivity index (χ4n) is 2.98. The second-order valence-corrected chi connectivity index (χ2v) is 10.3. The van der Waals surface area contributed by atoms with Crippen LogP contribution in [0.4, 0.5) is 4.79 Å². The van der Waals surface area contributed by atoms with Crippen molar-refractivity contribution in [2.75, 3.05) is 32.0 Å². The number of ether oxygens (including phenoxy) is 1. The van der Waals surface area contributed by atoms with Gasteiger partial charge in [-0.15, -0.1) is 0 Å². The predicted molar refractivity (Wildman–Crippen MR) is 141 cm³/mol. The van der Waals surface area contributed by atoms with E-state index >= 15 is 0 Å². The molecule has 1 rings (SSSR count). The maximum Gasteiger partial charge on any atom is 0.308 e. The van der Waals surface area contributed by atoms with Crippen molar-refractivity contribution in [3.8, 4) is 0 Å². The molecule has 1 aromatic heterocycles. The topological polar surface area (TPSA) is 235 Å². The van der Waals surface area contributed by atoms with Crippen LogP contribution in [0.1, 0.15) is 39.3 Å². The van der Waals surface area contributed by atoms with Gasteiger partial charge in [0.05, 0.1) is 19.4 Å². The van der Waals surface area contributed by atoms with Gasteiger partial charge in [-0.2, -0.15) is 0 Å². The van der Waals surface area contributed by atoms with Crippen LogP contribution in [0.15, 0.2) is 12.5 Å². The Labute approximate surface area is 230 Å². The van der Waals surface area contributed by atoms with Crippen molar-refractivity contribution in [3.05, 3.63) is 18.2 Å². The van der Waals surface area contributed by atoms with Crippen LogP contribution >= 0.6 is 11.8 Å². The summed E-state index contributed by atoms with van der Waals surface area (Å²) in [5.41, 5.74) is 4.86. The van der Waals surface area contributed by atoms with Crippen LogP contribution in [-0.4, -0.2) is 94.1 Å². The number of rotatable bonds is 17. The lowest BCUT2D eigenvalue weighted by molar-refractivity contribution is -0.154. The Kier molecular flexibility index (Phi) is 14.6. The lowest BCUT2D eigenvalue weighted by Crippen LogP contribution is -2.47. The third-order valence-corrected chi connectivity index (χ3v) is 6.03. The highest BCUT2D eigenvalue weighted by Crippen LogP contribution is 2.22. The van der Waals surface area contributed by atoms with Crippen LogP contribution in [0.25, 0.3) is 0 Å². The molecule has 0 radical (unpaired) electrons. The molecule has 0 saturated heterocycles. The monoisotopic (exact) mass is 571 g/mol. The molecule has 5 amide bonds. The van der Waals surface area contributed by atoms with Gasteiger partial charge in [0.1, 0.15) is 12.1 Å². The van der Waals surface area contributed by atoms with Crippen molar-refractivity contribution in [1.29, 1.82) is 0 Å². The van der Waals surface area contributed by atoms with Gasteiger partial charge in [-0.1, -0.05) is 25.6 Å². The van der Waals surface area contributed by atoms with Gasteiger partial charge in [0.15, 0.2) is 0 Å². The smallest absolute Gasteiger partial charge is 0.308 e. The van der Waals surface area contributed by atoms with Gasteiger partial charge in [-0.25, -0.2) is 4.98 Å². The second-order valence-electron chi connectivity index (χ2n) is 9.19. The zero-order valence-corrected chi connectivity index (χ0v) is 23.0. The molecule has 16 heteroatoms. The number of nitrogens with zero attached hydrogens (tertiary/aromatic N) is 1. The van der Waals surface area contributed by atoms with E-state index in [-0.39, 0.29) is 37.3 Å². The summed E-state index contributed by atoms with van der Waals surface area (Å²) in [5.74, 6) is -3.06. The zero-order chi connectivity index (χ0) is 29.4. The number of hydrogen-bond acceptors (Lipinski definition) is 10. The van der Waals surface area contributed by atoms with Gasteiger partial charge in [0.2, 0.25) is 23.6 Å². The van der Waals surface area contributed by atoms with E-state index in [1.165, 1.54) is 13.8 Å².